The molecule has 0 aromatic carbocycles. The smallest absolute Gasteiger partial charge is 0.0186 e. The van der Waals surface area contributed by atoms with E-state index in [1.54, 1.807) is 0 Å². The molecule has 0 bridgehead atoms. The lowest BCUT2D eigenvalue weighted by Crippen LogP contribution is -2.38. The molecule has 0 saturated carbocycles. The summed E-state index contributed by atoms with van der Waals surface area (Å²) in [5.74, 6) is 0. The van der Waals surface area contributed by atoms with Crippen LogP contribution in [0.15, 0.2) is 0 Å². The van der Waals surface area contributed by atoms with Gasteiger partial charge in [-0.25, -0.2) is 0 Å². The largest absolute Gasteiger partial charge is 0.329 e. The summed E-state index contributed by atoms with van der Waals surface area (Å²) in [7, 11) is 4.19. The summed E-state index contributed by atoms with van der Waals surface area (Å²) >= 11 is 0. The number of hydrogen-bond donors (Lipinski definition) is 3. The molecule has 0 saturated heterocycles. The van der Waals surface area contributed by atoms with Gasteiger partial charge in [-0.2, -0.15) is 0 Å². The van der Waals surface area contributed by atoms with Gasteiger partial charge in [-0.1, -0.05) is 0 Å². The molecule has 1 unspecified atom stereocenters. The molecule has 0 radical (unpaired) electrons. The van der Waals surface area contributed by atoms with Crippen molar-refractivity contribution in [3.63, 3.8) is 0 Å². The van der Waals surface area contributed by atoms with Crippen molar-refractivity contribution in [1.82, 2.24) is 15.5 Å². The van der Waals surface area contributed by atoms with Crippen molar-refractivity contribution in [3.8, 4) is 0 Å². The Balaban J connectivity index is 3.07. The molecule has 1 atom stereocenters. The third-order valence-electron chi connectivity index (χ3n) is 2.12. The zero-order chi connectivity index (χ0) is 10.1. The Bertz CT molecular complexity index is 106. The lowest BCUT2D eigenvalue weighted by molar-refractivity contribution is 0.303. The van der Waals surface area contributed by atoms with Crippen LogP contribution in [-0.2, 0) is 0 Å². The van der Waals surface area contributed by atoms with Crippen molar-refractivity contribution in [2.24, 2.45) is 5.73 Å². The molecule has 0 aromatic heterocycles. The molecule has 13 heavy (non-hydrogen) atoms. The quantitative estimate of drug-likeness (QED) is 0.431. The fraction of sp³-hybridized carbons (Fsp3) is 1.00. The minimum Gasteiger partial charge on any atom is -0.329 e. The second-order valence-corrected chi connectivity index (χ2v) is 3.56. The summed E-state index contributed by atoms with van der Waals surface area (Å²) in [5, 5.41) is 6.62. The first-order valence-corrected chi connectivity index (χ1v) is 4.96. The van der Waals surface area contributed by atoms with E-state index in [0.29, 0.717) is 12.6 Å². The number of nitrogens with two attached hydrogens (primary N) is 1. The van der Waals surface area contributed by atoms with Gasteiger partial charge in [0, 0.05) is 38.8 Å². The summed E-state index contributed by atoms with van der Waals surface area (Å²) in [4.78, 5) is 2.21. The van der Waals surface area contributed by atoms with E-state index in [4.69, 9.17) is 5.73 Å². The minimum absolute atomic E-state index is 0.592. The van der Waals surface area contributed by atoms with Gasteiger partial charge in [-0.05, 0) is 21.0 Å². The molecule has 0 heterocycles. The first-order valence-electron chi connectivity index (χ1n) is 4.96. The Morgan fingerprint density at radius 3 is 2.31 bits per heavy atom. The summed E-state index contributed by atoms with van der Waals surface area (Å²) < 4.78 is 0. The normalized spacial score (nSPS) is 13.6. The highest BCUT2D eigenvalue weighted by atomic mass is 15.1. The van der Waals surface area contributed by atoms with Gasteiger partial charge in [0.15, 0.2) is 0 Å². The maximum atomic E-state index is 5.34. The molecule has 4 heteroatoms. The maximum absolute atomic E-state index is 5.34. The molecule has 0 amide bonds. The summed E-state index contributed by atoms with van der Waals surface area (Å²) in [6, 6.07) is 0.592. The fourth-order valence-electron chi connectivity index (χ4n) is 0.897. The highest BCUT2D eigenvalue weighted by molar-refractivity contribution is 4.63. The Morgan fingerprint density at radius 1 is 1.15 bits per heavy atom. The standard InChI is InChI=1S/C9H24N4/c1-9(13(2)3)8-12-7-6-11-5-4-10/h9,11-12H,4-8,10H2,1-3H3. The minimum atomic E-state index is 0.592. The van der Waals surface area contributed by atoms with E-state index in [1.165, 1.54) is 0 Å². The number of nitrogens with one attached hydrogen (secondary N) is 2. The van der Waals surface area contributed by atoms with Crippen LogP contribution in [0.3, 0.4) is 0 Å². The highest BCUT2D eigenvalue weighted by Gasteiger charge is 2.01. The SMILES string of the molecule is CC(CNCCNCCN)N(C)C. The van der Waals surface area contributed by atoms with Crippen LogP contribution in [0.5, 0.6) is 0 Å². The molecule has 0 spiro atoms. The van der Waals surface area contributed by atoms with E-state index in [1.807, 2.05) is 0 Å². The monoisotopic (exact) mass is 188 g/mol. The molecular formula is C9H24N4. The third-order valence-corrected chi connectivity index (χ3v) is 2.12. The van der Waals surface area contributed by atoms with Crippen LogP contribution in [0, 0.1) is 0 Å². The van der Waals surface area contributed by atoms with Gasteiger partial charge in [0.05, 0.1) is 0 Å². The number of hydrogen-bond acceptors (Lipinski definition) is 4. The van der Waals surface area contributed by atoms with Crippen LogP contribution in [0.4, 0.5) is 0 Å². The van der Waals surface area contributed by atoms with E-state index in [0.717, 1.165) is 26.2 Å². The molecule has 4 N–H and O–H groups in total. The summed E-state index contributed by atoms with van der Waals surface area (Å²) in [6.45, 7) is 6.88. The van der Waals surface area contributed by atoms with E-state index >= 15 is 0 Å². The van der Waals surface area contributed by atoms with Crippen molar-refractivity contribution >= 4 is 0 Å². The van der Waals surface area contributed by atoms with Crippen molar-refractivity contribution < 1.29 is 0 Å². The van der Waals surface area contributed by atoms with Crippen LogP contribution in [0.25, 0.3) is 0 Å². The molecule has 4 nitrogen and oxygen atoms in total. The van der Waals surface area contributed by atoms with Crippen molar-refractivity contribution in [3.05, 3.63) is 0 Å². The van der Waals surface area contributed by atoms with Gasteiger partial charge >= 0.3 is 0 Å². The van der Waals surface area contributed by atoms with E-state index < -0.39 is 0 Å². The first kappa shape index (κ1) is 12.8. The topological polar surface area (TPSA) is 53.3 Å². The van der Waals surface area contributed by atoms with Gasteiger partial charge < -0.3 is 21.3 Å². The van der Waals surface area contributed by atoms with Gasteiger partial charge in [-0.15, -0.1) is 0 Å². The van der Waals surface area contributed by atoms with Crippen molar-refractivity contribution in [1.29, 1.82) is 0 Å². The van der Waals surface area contributed by atoms with Gasteiger partial charge in [0.2, 0.25) is 0 Å². The molecule has 80 valence electrons. The lowest BCUT2D eigenvalue weighted by Gasteiger charge is -2.20. The van der Waals surface area contributed by atoms with E-state index in [2.05, 4.69) is 36.6 Å². The van der Waals surface area contributed by atoms with Crippen LogP contribution < -0.4 is 16.4 Å². The predicted octanol–water partition coefficient (Wildman–Crippen LogP) is -0.926. The Morgan fingerprint density at radius 2 is 1.77 bits per heavy atom. The Labute approximate surface area is 81.9 Å². The number of likely N-dealkylation sites (N-methyl/N-ethyl adjacent to an activating group) is 1. The first-order chi connectivity index (χ1) is 6.18. The van der Waals surface area contributed by atoms with Gasteiger partial charge in [0.25, 0.3) is 0 Å². The zero-order valence-electron chi connectivity index (χ0n) is 9.14. The summed E-state index contributed by atoms with van der Waals surface area (Å²) in [6.07, 6.45) is 0. The van der Waals surface area contributed by atoms with Gasteiger partial charge in [0.1, 0.15) is 0 Å². The number of nitrogens with zero attached hydrogens (tertiary/aromatic N) is 1. The van der Waals surface area contributed by atoms with Gasteiger partial charge in [-0.3, -0.25) is 0 Å². The average Bonchev–Trinajstić information content (AvgIpc) is 2.10. The van der Waals surface area contributed by atoms with Crippen molar-refractivity contribution in [2.75, 3.05) is 46.8 Å². The predicted molar refractivity (Wildman–Crippen MR) is 57.9 cm³/mol. The molecular weight excluding hydrogens is 164 g/mol. The second kappa shape index (κ2) is 8.44. The molecule has 0 aliphatic rings. The Kier molecular flexibility index (Phi) is 8.33. The fourth-order valence-corrected chi connectivity index (χ4v) is 0.897. The Hall–Kier alpha value is -0.160. The highest BCUT2D eigenvalue weighted by Crippen LogP contribution is 1.86. The average molecular weight is 188 g/mol. The molecule has 0 fully saturated rings. The maximum Gasteiger partial charge on any atom is 0.0186 e. The van der Waals surface area contributed by atoms with Crippen molar-refractivity contribution in [2.45, 2.75) is 13.0 Å². The molecule has 0 aliphatic heterocycles. The number of rotatable bonds is 8. The van der Waals surface area contributed by atoms with E-state index in [9.17, 15) is 0 Å². The lowest BCUT2D eigenvalue weighted by atomic mass is 10.3. The second-order valence-electron chi connectivity index (χ2n) is 3.56. The van der Waals surface area contributed by atoms with Crippen LogP contribution >= 0.6 is 0 Å². The van der Waals surface area contributed by atoms with Crippen LogP contribution in [0.1, 0.15) is 6.92 Å². The van der Waals surface area contributed by atoms with E-state index in [-0.39, 0.29) is 0 Å². The van der Waals surface area contributed by atoms with Crippen LogP contribution in [-0.4, -0.2) is 57.8 Å². The van der Waals surface area contributed by atoms with Crippen LogP contribution in [0.2, 0.25) is 0 Å². The molecule has 0 aliphatic carbocycles. The zero-order valence-corrected chi connectivity index (χ0v) is 9.14. The molecule has 0 rings (SSSR count). The molecule has 0 aromatic rings. The summed E-state index contributed by atoms with van der Waals surface area (Å²) in [5.41, 5.74) is 5.34. The third kappa shape index (κ3) is 8.18.